The molecule has 0 aliphatic rings. The second-order valence-electron chi connectivity index (χ2n) is 6.50. The standard InChI is InChI=1S/C22H17ClN4O4S/c1-14(28)25-18-7-3-16(4-8-18)22(29)26-24-13-15-2-11-21(20(12-15)27(30)31)32-19-9-5-17(23)6-10-19/h2-13H,1H3,(H,25,28)(H,26,29). The van der Waals surface area contributed by atoms with Crippen molar-refractivity contribution in [2.24, 2.45) is 5.10 Å². The smallest absolute Gasteiger partial charge is 0.283 e. The number of amides is 2. The molecular weight excluding hydrogens is 452 g/mol. The lowest BCUT2D eigenvalue weighted by Crippen LogP contribution is -2.17. The molecular formula is C22H17ClN4O4S. The van der Waals surface area contributed by atoms with E-state index in [9.17, 15) is 19.7 Å². The highest BCUT2D eigenvalue weighted by molar-refractivity contribution is 7.99. The van der Waals surface area contributed by atoms with Crippen molar-refractivity contribution in [3.63, 3.8) is 0 Å². The number of anilines is 1. The molecule has 0 heterocycles. The maximum Gasteiger partial charge on any atom is 0.283 e. The number of nitro benzene ring substituents is 1. The molecule has 3 aromatic rings. The third-order valence-electron chi connectivity index (χ3n) is 4.07. The van der Waals surface area contributed by atoms with Crippen LogP contribution < -0.4 is 10.7 Å². The summed E-state index contributed by atoms with van der Waals surface area (Å²) in [5.74, 6) is -0.668. The monoisotopic (exact) mass is 468 g/mol. The van der Waals surface area contributed by atoms with Crippen molar-refractivity contribution in [3.8, 4) is 0 Å². The van der Waals surface area contributed by atoms with Gasteiger partial charge in [-0.05, 0) is 54.6 Å². The van der Waals surface area contributed by atoms with E-state index >= 15 is 0 Å². The second kappa shape index (κ2) is 10.6. The molecule has 0 spiro atoms. The topological polar surface area (TPSA) is 114 Å². The number of hydrazone groups is 1. The van der Waals surface area contributed by atoms with E-state index in [0.717, 1.165) is 4.90 Å². The fourth-order valence-corrected chi connectivity index (χ4v) is 3.64. The largest absolute Gasteiger partial charge is 0.326 e. The van der Waals surface area contributed by atoms with Crippen molar-refractivity contribution in [1.82, 2.24) is 5.43 Å². The van der Waals surface area contributed by atoms with E-state index in [2.05, 4.69) is 15.8 Å². The van der Waals surface area contributed by atoms with Gasteiger partial charge >= 0.3 is 0 Å². The summed E-state index contributed by atoms with van der Waals surface area (Å²) in [7, 11) is 0. The molecule has 0 aromatic heterocycles. The molecule has 2 N–H and O–H groups in total. The molecule has 3 rings (SSSR count). The van der Waals surface area contributed by atoms with Gasteiger partial charge in [0.2, 0.25) is 5.91 Å². The van der Waals surface area contributed by atoms with Crippen LogP contribution in [0.3, 0.4) is 0 Å². The zero-order valence-electron chi connectivity index (χ0n) is 16.7. The third-order valence-corrected chi connectivity index (χ3v) is 5.39. The highest BCUT2D eigenvalue weighted by Gasteiger charge is 2.15. The molecule has 162 valence electrons. The number of nitrogens with one attached hydrogen (secondary N) is 2. The Kier molecular flexibility index (Phi) is 7.58. The molecule has 0 radical (unpaired) electrons. The first-order chi connectivity index (χ1) is 15.3. The maximum atomic E-state index is 12.2. The van der Waals surface area contributed by atoms with E-state index in [1.165, 1.54) is 31.0 Å². The number of nitro groups is 1. The van der Waals surface area contributed by atoms with Crippen LogP contribution in [0.5, 0.6) is 0 Å². The molecule has 32 heavy (non-hydrogen) atoms. The number of nitrogens with zero attached hydrogens (tertiary/aromatic N) is 2. The predicted octanol–water partition coefficient (Wildman–Crippen LogP) is 5.12. The minimum atomic E-state index is -0.467. The summed E-state index contributed by atoms with van der Waals surface area (Å²) in [6.45, 7) is 1.39. The minimum absolute atomic E-state index is 0.0752. The minimum Gasteiger partial charge on any atom is -0.326 e. The van der Waals surface area contributed by atoms with Gasteiger partial charge < -0.3 is 5.32 Å². The van der Waals surface area contributed by atoms with E-state index in [1.54, 1.807) is 60.7 Å². The van der Waals surface area contributed by atoms with Gasteiger partial charge in [0.05, 0.1) is 16.0 Å². The van der Waals surface area contributed by atoms with E-state index < -0.39 is 10.8 Å². The molecule has 0 saturated carbocycles. The Hall–Kier alpha value is -3.69. The highest BCUT2D eigenvalue weighted by Crippen LogP contribution is 2.35. The summed E-state index contributed by atoms with van der Waals surface area (Å²) in [4.78, 5) is 35.6. The molecule has 0 bridgehead atoms. The molecule has 10 heteroatoms. The molecule has 3 aromatic carbocycles. The maximum absolute atomic E-state index is 12.2. The quantitative estimate of drug-likeness (QED) is 0.284. The molecule has 0 unspecified atom stereocenters. The van der Waals surface area contributed by atoms with Gasteiger partial charge in [-0.15, -0.1) is 0 Å². The molecule has 0 atom stereocenters. The summed E-state index contributed by atoms with van der Waals surface area (Å²) < 4.78 is 0. The van der Waals surface area contributed by atoms with Crippen LogP contribution in [-0.2, 0) is 4.79 Å². The molecule has 0 aliphatic carbocycles. The summed E-state index contributed by atoms with van der Waals surface area (Å²) in [5.41, 5.74) is 3.67. The fraction of sp³-hybridized carbons (Fsp3) is 0.0455. The van der Waals surface area contributed by atoms with Crippen LogP contribution in [0.15, 0.2) is 81.6 Å². The van der Waals surface area contributed by atoms with Crippen LogP contribution in [0.1, 0.15) is 22.8 Å². The molecule has 0 saturated heterocycles. The van der Waals surface area contributed by atoms with Crippen LogP contribution in [0.2, 0.25) is 5.02 Å². The van der Waals surface area contributed by atoms with Crippen molar-refractivity contribution >= 4 is 52.8 Å². The van der Waals surface area contributed by atoms with Gasteiger partial charge in [-0.2, -0.15) is 5.10 Å². The van der Waals surface area contributed by atoms with Gasteiger partial charge in [0, 0.05) is 39.7 Å². The Balaban J connectivity index is 1.68. The molecule has 8 nitrogen and oxygen atoms in total. The zero-order chi connectivity index (χ0) is 23.1. The summed E-state index contributed by atoms with van der Waals surface area (Å²) >= 11 is 7.12. The number of carbonyl (C=O) groups is 2. The van der Waals surface area contributed by atoms with Gasteiger partial charge in [-0.1, -0.05) is 29.4 Å². The van der Waals surface area contributed by atoms with E-state index in [1.807, 2.05) is 0 Å². The number of benzene rings is 3. The normalized spacial score (nSPS) is 10.7. The van der Waals surface area contributed by atoms with E-state index in [-0.39, 0.29) is 11.6 Å². The zero-order valence-corrected chi connectivity index (χ0v) is 18.3. The van der Waals surface area contributed by atoms with Gasteiger partial charge in [0.15, 0.2) is 0 Å². The highest BCUT2D eigenvalue weighted by atomic mass is 35.5. The van der Waals surface area contributed by atoms with Crippen LogP contribution in [0.4, 0.5) is 11.4 Å². The summed E-state index contributed by atoms with van der Waals surface area (Å²) in [6, 6.07) is 18.0. The predicted molar refractivity (Wildman–Crippen MR) is 124 cm³/mol. The van der Waals surface area contributed by atoms with Crippen molar-refractivity contribution in [3.05, 3.63) is 93.0 Å². The fourth-order valence-electron chi connectivity index (χ4n) is 2.61. The second-order valence-corrected chi connectivity index (χ2v) is 8.05. The summed E-state index contributed by atoms with van der Waals surface area (Å²) in [6.07, 6.45) is 1.33. The number of rotatable bonds is 7. The van der Waals surface area contributed by atoms with Crippen LogP contribution in [0.25, 0.3) is 0 Å². The van der Waals surface area contributed by atoms with Gasteiger partial charge in [0.1, 0.15) is 0 Å². The van der Waals surface area contributed by atoms with E-state index in [0.29, 0.717) is 26.7 Å². The first-order valence-electron chi connectivity index (χ1n) is 9.25. The lowest BCUT2D eigenvalue weighted by atomic mass is 10.2. The van der Waals surface area contributed by atoms with Gasteiger partial charge in [0.25, 0.3) is 11.6 Å². The Bertz CT molecular complexity index is 1180. The van der Waals surface area contributed by atoms with Crippen LogP contribution >= 0.6 is 23.4 Å². The van der Waals surface area contributed by atoms with Gasteiger partial charge in [-0.25, -0.2) is 5.43 Å². The SMILES string of the molecule is CC(=O)Nc1ccc(C(=O)NN=Cc2ccc(Sc3ccc(Cl)cc3)c([N+](=O)[O-])c2)cc1. The average molecular weight is 469 g/mol. The lowest BCUT2D eigenvalue weighted by molar-refractivity contribution is -0.387. The number of halogens is 1. The van der Waals surface area contributed by atoms with Crippen molar-refractivity contribution in [2.45, 2.75) is 16.7 Å². The van der Waals surface area contributed by atoms with Crippen molar-refractivity contribution in [2.75, 3.05) is 5.32 Å². The number of hydrogen-bond acceptors (Lipinski definition) is 6. The molecule has 0 aliphatic heterocycles. The molecule has 0 fully saturated rings. The lowest BCUT2D eigenvalue weighted by Gasteiger charge is -2.05. The first-order valence-corrected chi connectivity index (χ1v) is 10.4. The Morgan fingerprint density at radius 3 is 2.38 bits per heavy atom. The summed E-state index contributed by atoms with van der Waals surface area (Å²) in [5, 5.41) is 18.6. The number of carbonyl (C=O) groups excluding carboxylic acids is 2. The Labute approximate surface area is 192 Å². The Morgan fingerprint density at radius 2 is 1.75 bits per heavy atom. The molecule has 2 amide bonds. The average Bonchev–Trinajstić information content (AvgIpc) is 2.76. The third kappa shape index (κ3) is 6.40. The van der Waals surface area contributed by atoms with Gasteiger partial charge in [-0.3, -0.25) is 19.7 Å². The van der Waals surface area contributed by atoms with Crippen molar-refractivity contribution < 1.29 is 14.5 Å². The van der Waals surface area contributed by atoms with Crippen LogP contribution in [0, 0.1) is 10.1 Å². The van der Waals surface area contributed by atoms with Crippen LogP contribution in [-0.4, -0.2) is 23.0 Å². The van der Waals surface area contributed by atoms with E-state index in [4.69, 9.17) is 11.6 Å². The Morgan fingerprint density at radius 1 is 1.06 bits per heavy atom. The van der Waals surface area contributed by atoms with Crippen molar-refractivity contribution in [1.29, 1.82) is 0 Å². The number of hydrogen-bond donors (Lipinski definition) is 2. The first kappa shape index (κ1) is 23.0.